The lowest BCUT2D eigenvalue weighted by Gasteiger charge is -2.12. The van der Waals surface area contributed by atoms with Crippen molar-refractivity contribution in [3.05, 3.63) is 95.8 Å². The highest BCUT2D eigenvalue weighted by atomic mass is 19.1. The normalized spacial score (nSPS) is 10.9. The number of nitrogens with one attached hydrogen (secondary N) is 1. The summed E-state index contributed by atoms with van der Waals surface area (Å²) in [6.07, 6.45) is 3.94. The Balaban J connectivity index is 1.60. The van der Waals surface area contributed by atoms with Crippen molar-refractivity contribution in [3.63, 3.8) is 0 Å². The molecule has 6 nitrogen and oxygen atoms in total. The minimum absolute atomic E-state index is 0.137. The maximum absolute atomic E-state index is 14.4. The van der Waals surface area contributed by atoms with Gasteiger partial charge in [-0.3, -0.25) is 4.79 Å². The lowest BCUT2D eigenvalue weighted by atomic mass is 10.0. The summed E-state index contributed by atoms with van der Waals surface area (Å²) in [5.41, 5.74) is 3.16. The summed E-state index contributed by atoms with van der Waals surface area (Å²) >= 11 is 0. The van der Waals surface area contributed by atoms with E-state index >= 15 is 0 Å². The number of pyridine rings is 1. The highest BCUT2D eigenvalue weighted by Gasteiger charge is 2.15. The monoisotopic (exact) mass is 456 g/mol. The number of aromatic nitrogens is 3. The molecule has 1 N–H and O–H groups in total. The number of rotatable bonds is 7. The van der Waals surface area contributed by atoms with Gasteiger partial charge in [-0.1, -0.05) is 32.9 Å². The van der Waals surface area contributed by atoms with Crippen molar-refractivity contribution in [2.45, 2.75) is 33.1 Å². The summed E-state index contributed by atoms with van der Waals surface area (Å²) in [5.74, 6) is 0.400. The van der Waals surface area contributed by atoms with Crippen LogP contribution in [0.3, 0.4) is 0 Å². The molecule has 4 rings (SSSR count). The molecule has 0 atom stereocenters. The Labute approximate surface area is 197 Å². The van der Waals surface area contributed by atoms with Gasteiger partial charge in [-0.25, -0.2) is 19.3 Å². The Hall–Kier alpha value is -4.13. The predicted molar refractivity (Wildman–Crippen MR) is 130 cm³/mol. The minimum atomic E-state index is -0.591. The second-order valence-electron chi connectivity index (χ2n) is 8.08. The van der Waals surface area contributed by atoms with Gasteiger partial charge in [0.25, 0.3) is 5.91 Å². The first-order valence-corrected chi connectivity index (χ1v) is 11.1. The molecule has 1 amide bonds. The molecule has 4 aromatic rings. The summed E-state index contributed by atoms with van der Waals surface area (Å²) in [5, 5.41) is 2.83. The number of anilines is 1. The molecular formula is C27H25FN4O2. The third-order valence-electron chi connectivity index (χ3n) is 5.23. The van der Waals surface area contributed by atoms with Crippen molar-refractivity contribution >= 4 is 11.6 Å². The van der Waals surface area contributed by atoms with Crippen LogP contribution >= 0.6 is 0 Å². The van der Waals surface area contributed by atoms with E-state index in [0.29, 0.717) is 35.1 Å². The molecule has 2 aromatic carbocycles. The Morgan fingerprint density at radius 1 is 1.03 bits per heavy atom. The largest absolute Gasteiger partial charge is 0.438 e. The number of halogens is 1. The number of hydrogen-bond donors (Lipinski definition) is 1. The number of carbonyl (C=O) groups excluding carboxylic acids is 1. The summed E-state index contributed by atoms with van der Waals surface area (Å²) in [7, 11) is 0. The van der Waals surface area contributed by atoms with E-state index in [9.17, 15) is 9.18 Å². The zero-order valence-electron chi connectivity index (χ0n) is 19.2. The molecule has 0 saturated heterocycles. The van der Waals surface area contributed by atoms with Crippen LogP contribution in [0.15, 0.2) is 73.1 Å². The smallest absolute Gasteiger partial charge is 0.255 e. The fraction of sp³-hybridized carbons (Fsp3) is 0.185. The first-order valence-electron chi connectivity index (χ1n) is 11.1. The Kier molecular flexibility index (Phi) is 6.92. The topological polar surface area (TPSA) is 77.0 Å². The zero-order valence-corrected chi connectivity index (χ0v) is 19.2. The van der Waals surface area contributed by atoms with Gasteiger partial charge in [0.05, 0.1) is 11.3 Å². The molecule has 2 aromatic heterocycles. The molecule has 0 aliphatic rings. The van der Waals surface area contributed by atoms with Crippen LogP contribution in [0.1, 0.15) is 48.4 Å². The molecule has 0 saturated carbocycles. The van der Waals surface area contributed by atoms with Crippen LogP contribution in [-0.2, 0) is 6.42 Å². The molecule has 0 unspecified atom stereocenters. The third-order valence-corrected chi connectivity index (χ3v) is 5.23. The van der Waals surface area contributed by atoms with E-state index in [1.165, 1.54) is 18.2 Å². The van der Waals surface area contributed by atoms with Gasteiger partial charge >= 0.3 is 0 Å². The van der Waals surface area contributed by atoms with Crippen molar-refractivity contribution in [1.82, 2.24) is 15.0 Å². The number of hydrogen-bond acceptors (Lipinski definition) is 5. The van der Waals surface area contributed by atoms with Crippen LogP contribution in [0.5, 0.6) is 11.6 Å². The fourth-order valence-corrected chi connectivity index (χ4v) is 3.43. The van der Waals surface area contributed by atoms with Crippen molar-refractivity contribution in [2.75, 3.05) is 5.32 Å². The second kappa shape index (κ2) is 10.2. The molecule has 7 heteroatoms. The standard InChI is InChI=1S/C27H25FN4O2/c1-4-25-29-12-10-24(32-25)23-9-6-11-30-27(23)34-22-15-19(13-20(28)16-22)26(33)31-21-8-5-7-18(14-21)17(2)3/h5-17H,4H2,1-3H3,(H,31,33). The number of aryl methyl sites for hydroxylation is 1. The maximum atomic E-state index is 14.4. The van der Waals surface area contributed by atoms with Crippen molar-refractivity contribution in [1.29, 1.82) is 0 Å². The van der Waals surface area contributed by atoms with Crippen LogP contribution in [-0.4, -0.2) is 20.9 Å². The van der Waals surface area contributed by atoms with Gasteiger partial charge in [0.15, 0.2) is 0 Å². The first kappa shape index (κ1) is 23.0. The Bertz CT molecular complexity index is 1320. The van der Waals surface area contributed by atoms with Gasteiger partial charge in [-0.2, -0.15) is 0 Å². The van der Waals surface area contributed by atoms with Gasteiger partial charge in [0, 0.05) is 36.1 Å². The summed E-state index contributed by atoms with van der Waals surface area (Å²) in [6, 6.07) is 16.8. The third kappa shape index (κ3) is 5.43. The van der Waals surface area contributed by atoms with Crippen molar-refractivity contribution in [2.24, 2.45) is 0 Å². The number of carbonyl (C=O) groups is 1. The number of nitrogens with zero attached hydrogens (tertiary/aromatic N) is 3. The van der Waals surface area contributed by atoms with E-state index in [1.54, 1.807) is 30.6 Å². The van der Waals surface area contributed by atoms with Gasteiger partial charge in [0.2, 0.25) is 5.88 Å². The van der Waals surface area contributed by atoms with Gasteiger partial charge < -0.3 is 10.1 Å². The lowest BCUT2D eigenvalue weighted by molar-refractivity contribution is 0.102. The molecule has 0 fully saturated rings. The minimum Gasteiger partial charge on any atom is -0.438 e. The van der Waals surface area contributed by atoms with Crippen LogP contribution < -0.4 is 10.1 Å². The van der Waals surface area contributed by atoms with Gasteiger partial charge in [0.1, 0.15) is 17.4 Å². The highest BCUT2D eigenvalue weighted by Crippen LogP contribution is 2.31. The van der Waals surface area contributed by atoms with E-state index in [2.05, 4.69) is 34.1 Å². The number of amides is 1. The molecule has 34 heavy (non-hydrogen) atoms. The SMILES string of the molecule is CCc1nccc(-c2cccnc2Oc2cc(F)cc(C(=O)Nc3cccc(C(C)C)c3)c2)n1. The highest BCUT2D eigenvalue weighted by molar-refractivity contribution is 6.04. The van der Waals surface area contributed by atoms with Gasteiger partial charge in [-0.05, 0) is 53.9 Å². The summed E-state index contributed by atoms with van der Waals surface area (Å²) in [6.45, 7) is 6.12. The molecule has 0 aliphatic heterocycles. The molecule has 172 valence electrons. The second-order valence-corrected chi connectivity index (χ2v) is 8.08. The lowest BCUT2D eigenvalue weighted by Crippen LogP contribution is -2.12. The maximum Gasteiger partial charge on any atom is 0.255 e. The molecule has 0 bridgehead atoms. The average Bonchev–Trinajstić information content (AvgIpc) is 2.84. The summed E-state index contributed by atoms with van der Waals surface area (Å²) in [4.78, 5) is 25.9. The van der Waals surface area contributed by atoms with Crippen LogP contribution in [0.4, 0.5) is 10.1 Å². The fourth-order valence-electron chi connectivity index (χ4n) is 3.43. The van der Waals surface area contributed by atoms with E-state index in [1.807, 2.05) is 31.2 Å². The Morgan fingerprint density at radius 2 is 1.88 bits per heavy atom. The van der Waals surface area contributed by atoms with E-state index in [0.717, 1.165) is 5.56 Å². The molecule has 0 radical (unpaired) electrons. The zero-order chi connectivity index (χ0) is 24.1. The van der Waals surface area contributed by atoms with Crippen LogP contribution in [0, 0.1) is 5.82 Å². The molecular weight excluding hydrogens is 431 g/mol. The van der Waals surface area contributed by atoms with E-state index in [4.69, 9.17) is 4.74 Å². The van der Waals surface area contributed by atoms with Gasteiger partial charge in [-0.15, -0.1) is 0 Å². The molecule has 2 heterocycles. The van der Waals surface area contributed by atoms with Crippen LogP contribution in [0.25, 0.3) is 11.3 Å². The molecule has 0 aliphatic carbocycles. The molecule has 0 spiro atoms. The first-order chi connectivity index (χ1) is 16.4. The van der Waals surface area contributed by atoms with E-state index in [-0.39, 0.29) is 17.2 Å². The number of ether oxygens (including phenoxy) is 1. The summed E-state index contributed by atoms with van der Waals surface area (Å²) < 4.78 is 20.3. The number of benzene rings is 2. The average molecular weight is 457 g/mol. The predicted octanol–water partition coefficient (Wildman–Crippen LogP) is 6.41. The van der Waals surface area contributed by atoms with E-state index < -0.39 is 11.7 Å². The van der Waals surface area contributed by atoms with Crippen molar-refractivity contribution in [3.8, 4) is 22.9 Å². The Morgan fingerprint density at radius 3 is 2.68 bits per heavy atom. The van der Waals surface area contributed by atoms with Crippen LogP contribution in [0.2, 0.25) is 0 Å². The quantitative estimate of drug-likeness (QED) is 0.348. The van der Waals surface area contributed by atoms with Crippen molar-refractivity contribution < 1.29 is 13.9 Å².